The largest absolute Gasteiger partial charge is 0.477 e. The van der Waals surface area contributed by atoms with Crippen LogP contribution in [-0.2, 0) is 0 Å². The third-order valence-electron chi connectivity index (χ3n) is 3.87. The number of carboxylic acids is 1. The molecule has 2 rings (SSSR count). The fourth-order valence-electron chi connectivity index (χ4n) is 2.34. The number of carbonyl (C=O) groups excluding carboxylic acids is 1. The van der Waals surface area contributed by atoms with E-state index in [9.17, 15) is 14.7 Å². The summed E-state index contributed by atoms with van der Waals surface area (Å²) in [7, 11) is 0. The first kappa shape index (κ1) is 14.5. The summed E-state index contributed by atoms with van der Waals surface area (Å²) in [5.41, 5.74) is -0.501. The Morgan fingerprint density at radius 2 is 2.05 bits per heavy atom. The Labute approximate surface area is 117 Å². The molecular weight excluding hydrogens is 260 g/mol. The number of aromatic nitrogens is 1. The van der Waals surface area contributed by atoms with Crippen LogP contribution in [0, 0.1) is 0 Å². The first-order valence-electron chi connectivity index (χ1n) is 6.66. The van der Waals surface area contributed by atoms with Gasteiger partial charge in [-0.25, -0.2) is 9.78 Å². The lowest BCUT2D eigenvalue weighted by molar-refractivity contribution is -0.0193. The smallest absolute Gasteiger partial charge is 0.354 e. The molecule has 0 spiro atoms. The average molecular weight is 278 g/mol. The Balaban J connectivity index is 2.09. The van der Waals surface area contributed by atoms with Gasteiger partial charge in [-0.05, 0) is 31.4 Å². The number of nitrogens with zero attached hydrogens (tertiary/aromatic N) is 2. The van der Waals surface area contributed by atoms with Gasteiger partial charge >= 0.3 is 5.97 Å². The summed E-state index contributed by atoms with van der Waals surface area (Å²) in [4.78, 5) is 28.5. The fourth-order valence-corrected chi connectivity index (χ4v) is 2.34. The van der Waals surface area contributed by atoms with Crippen LogP contribution in [0.4, 0.5) is 0 Å². The normalized spacial score (nSPS) is 17.8. The van der Waals surface area contributed by atoms with Crippen molar-refractivity contribution in [3.05, 3.63) is 29.6 Å². The highest BCUT2D eigenvalue weighted by molar-refractivity contribution is 5.96. The van der Waals surface area contributed by atoms with Crippen LogP contribution in [0.5, 0.6) is 0 Å². The highest BCUT2D eigenvalue weighted by Gasteiger charge is 2.32. The minimum atomic E-state index is -1.15. The zero-order chi connectivity index (χ0) is 14.8. The molecule has 0 aliphatic carbocycles. The molecule has 2 heterocycles. The molecule has 6 nitrogen and oxygen atoms in total. The van der Waals surface area contributed by atoms with Gasteiger partial charge in [0, 0.05) is 24.8 Å². The van der Waals surface area contributed by atoms with E-state index in [1.807, 2.05) is 6.92 Å². The zero-order valence-electron chi connectivity index (χ0n) is 11.4. The molecule has 0 aromatic carbocycles. The second-order valence-corrected chi connectivity index (χ2v) is 5.11. The van der Waals surface area contributed by atoms with E-state index in [1.165, 1.54) is 18.3 Å². The maximum absolute atomic E-state index is 12.3. The molecule has 1 amide bonds. The van der Waals surface area contributed by atoms with Crippen molar-refractivity contribution in [1.29, 1.82) is 0 Å². The highest BCUT2D eigenvalue weighted by Crippen LogP contribution is 2.26. The molecular formula is C14H18N2O4. The maximum atomic E-state index is 12.3. The van der Waals surface area contributed by atoms with Gasteiger partial charge in [-0.15, -0.1) is 0 Å². The number of aromatic carboxylic acids is 1. The average Bonchev–Trinajstić information content (AvgIpc) is 2.47. The Hall–Kier alpha value is -1.95. The summed E-state index contributed by atoms with van der Waals surface area (Å²) in [5, 5.41) is 19.0. The molecule has 1 aliphatic heterocycles. The Morgan fingerprint density at radius 1 is 1.40 bits per heavy atom. The van der Waals surface area contributed by atoms with Crippen LogP contribution >= 0.6 is 0 Å². The van der Waals surface area contributed by atoms with E-state index in [2.05, 4.69) is 4.98 Å². The van der Waals surface area contributed by atoms with Gasteiger partial charge in [-0.1, -0.05) is 6.92 Å². The number of carboxylic acid groups (broad SMARTS) is 1. The van der Waals surface area contributed by atoms with E-state index in [0.29, 0.717) is 37.9 Å². The number of likely N-dealkylation sites (tertiary alicyclic amines) is 1. The highest BCUT2D eigenvalue weighted by atomic mass is 16.4. The van der Waals surface area contributed by atoms with Crippen LogP contribution in [0.1, 0.15) is 47.0 Å². The van der Waals surface area contributed by atoms with E-state index in [0.717, 1.165) is 0 Å². The predicted molar refractivity (Wildman–Crippen MR) is 71.6 cm³/mol. The van der Waals surface area contributed by atoms with Crippen molar-refractivity contribution in [3.63, 3.8) is 0 Å². The van der Waals surface area contributed by atoms with Gasteiger partial charge in [0.2, 0.25) is 0 Å². The predicted octanol–water partition coefficient (Wildman–Crippen LogP) is 1.16. The van der Waals surface area contributed by atoms with Gasteiger partial charge < -0.3 is 15.1 Å². The zero-order valence-corrected chi connectivity index (χ0v) is 11.4. The fraction of sp³-hybridized carbons (Fsp3) is 0.500. The van der Waals surface area contributed by atoms with Crippen molar-refractivity contribution >= 4 is 11.9 Å². The maximum Gasteiger partial charge on any atom is 0.354 e. The molecule has 1 aliphatic rings. The number of aliphatic hydroxyl groups is 1. The van der Waals surface area contributed by atoms with Crippen LogP contribution in [0.15, 0.2) is 18.3 Å². The summed E-state index contributed by atoms with van der Waals surface area (Å²) in [6, 6.07) is 2.79. The van der Waals surface area contributed by atoms with Crippen molar-refractivity contribution in [2.45, 2.75) is 31.8 Å². The van der Waals surface area contributed by atoms with Gasteiger partial charge in [-0.3, -0.25) is 4.79 Å². The number of rotatable bonds is 3. The third-order valence-corrected chi connectivity index (χ3v) is 3.87. The van der Waals surface area contributed by atoms with Crippen molar-refractivity contribution in [2.75, 3.05) is 13.1 Å². The molecule has 0 saturated carbocycles. The van der Waals surface area contributed by atoms with Gasteiger partial charge in [0.25, 0.3) is 5.91 Å². The lowest BCUT2D eigenvalue weighted by Crippen LogP contribution is -2.46. The number of hydrogen-bond donors (Lipinski definition) is 2. The number of piperidine rings is 1. The summed E-state index contributed by atoms with van der Waals surface area (Å²) in [6.45, 7) is 2.89. The summed E-state index contributed by atoms with van der Waals surface area (Å²) >= 11 is 0. The van der Waals surface area contributed by atoms with Crippen molar-refractivity contribution < 1.29 is 19.8 Å². The third kappa shape index (κ3) is 2.96. The number of carbonyl (C=O) groups is 2. The minimum absolute atomic E-state index is 0.141. The molecule has 0 bridgehead atoms. The van der Waals surface area contributed by atoms with Crippen LogP contribution in [0.25, 0.3) is 0 Å². The van der Waals surface area contributed by atoms with E-state index in [-0.39, 0.29) is 11.6 Å². The van der Waals surface area contributed by atoms with Crippen LogP contribution < -0.4 is 0 Å². The summed E-state index contributed by atoms with van der Waals surface area (Å²) in [5.74, 6) is -1.37. The van der Waals surface area contributed by atoms with Gasteiger partial charge in [-0.2, -0.15) is 0 Å². The van der Waals surface area contributed by atoms with Crippen molar-refractivity contribution in [1.82, 2.24) is 9.88 Å². The number of pyridine rings is 1. The first-order valence-corrected chi connectivity index (χ1v) is 6.66. The molecule has 20 heavy (non-hydrogen) atoms. The quantitative estimate of drug-likeness (QED) is 0.865. The Morgan fingerprint density at radius 3 is 2.60 bits per heavy atom. The van der Waals surface area contributed by atoms with E-state index in [4.69, 9.17) is 5.11 Å². The number of amides is 1. The molecule has 2 N–H and O–H groups in total. The topological polar surface area (TPSA) is 90.7 Å². The van der Waals surface area contributed by atoms with Gasteiger partial charge in [0.1, 0.15) is 5.69 Å². The molecule has 1 aromatic heterocycles. The van der Waals surface area contributed by atoms with Crippen LogP contribution in [-0.4, -0.2) is 50.7 Å². The summed E-state index contributed by atoms with van der Waals surface area (Å²) in [6.07, 6.45) is 3.09. The van der Waals surface area contributed by atoms with Crippen LogP contribution in [0.3, 0.4) is 0 Å². The molecule has 0 unspecified atom stereocenters. The summed E-state index contributed by atoms with van der Waals surface area (Å²) < 4.78 is 0. The molecule has 1 saturated heterocycles. The Bertz CT molecular complexity index is 522. The molecule has 1 fully saturated rings. The number of hydrogen-bond acceptors (Lipinski definition) is 4. The van der Waals surface area contributed by atoms with Crippen LogP contribution in [0.2, 0.25) is 0 Å². The second-order valence-electron chi connectivity index (χ2n) is 5.11. The second kappa shape index (κ2) is 5.58. The molecule has 108 valence electrons. The van der Waals surface area contributed by atoms with E-state index in [1.54, 1.807) is 4.90 Å². The molecule has 6 heteroatoms. The first-order chi connectivity index (χ1) is 9.45. The van der Waals surface area contributed by atoms with Gasteiger partial charge in [0.05, 0.1) is 5.60 Å². The molecule has 1 aromatic rings. The monoisotopic (exact) mass is 278 g/mol. The van der Waals surface area contributed by atoms with Gasteiger partial charge in [0.15, 0.2) is 0 Å². The molecule has 0 radical (unpaired) electrons. The standard InChI is InChI=1S/C14H18N2O4/c1-2-14(20)4-7-16(8-5-14)12(17)10-3-6-15-11(9-10)13(18)19/h3,6,9,20H,2,4-5,7-8H2,1H3,(H,18,19). The van der Waals surface area contributed by atoms with Crippen molar-refractivity contribution in [3.8, 4) is 0 Å². The minimum Gasteiger partial charge on any atom is -0.477 e. The lowest BCUT2D eigenvalue weighted by atomic mass is 9.89. The van der Waals surface area contributed by atoms with E-state index < -0.39 is 11.6 Å². The van der Waals surface area contributed by atoms with E-state index >= 15 is 0 Å². The lowest BCUT2D eigenvalue weighted by Gasteiger charge is -2.37. The van der Waals surface area contributed by atoms with Crippen molar-refractivity contribution in [2.24, 2.45) is 0 Å². The molecule has 0 atom stereocenters. The SMILES string of the molecule is CCC1(O)CCN(C(=O)c2ccnc(C(=O)O)c2)CC1. The Kier molecular flexibility index (Phi) is 4.04.